The Bertz CT molecular complexity index is 386. The topological polar surface area (TPSA) is 20.2 Å². The average Bonchev–Trinajstić information content (AvgIpc) is 2.35. The number of aliphatic hydroxyl groups excluding tert-OH is 1. The lowest BCUT2D eigenvalue weighted by Gasteiger charge is -2.36. The first kappa shape index (κ1) is 12.8. The molecular formula is C14H18ClFO. The minimum absolute atomic E-state index is 0.0876. The van der Waals surface area contributed by atoms with Crippen molar-refractivity contribution < 1.29 is 9.50 Å². The van der Waals surface area contributed by atoms with E-state index in [-0.39, 0.29) is 17.8 Å². The Kier molecular flexibility index (Phi) is 4.05. The molecule has 1 saturated carbocycles. The van der Waals surface area contributed by atoms with Crippen molar-refractivity contribution in [1.82, 2.24) is 0 Å². The van der Waals surface area contributed by atoms with E-state index in [0.29, 0.717) is 11.4 Å². The summed E-state index contributed by atoms with van der Waals surface area (Å²) >= 11 is 6.09. The van der Waals surface area contributed by atoms with Crippen LogP contribution in [0.15, 0.2) is 18.2 Å². The summed E-state index contributed by atoms with van der Waals surface area (Å²) in [5.74, 6) is -0.256. The van der Waals surface area contributed by atoms with Gasteiger partial charge in [0.2, 0.25) is 0 Å². The van der Waals surface area contributed by atoms with Gasteiger partial charge in [-0.25, -0.2) is 4.39 Å². The fourth-order valence-corrected chi connectivity index (χ4v) is 2.96. The van der Waals surface area contributed by atoms with E-state index in [1.54, 1.807) is 6.07 Å². The van der Waals surface area contributed by atoms with Gasteiger partial charge in [-0.15, -0.1) is 0 Å². The van der Waals surface area contributed by atoms with Gasteiger partial charge in [0.25, 0.3) is 0 Å². The lowest BCUT2D eigenvalue weighted by atomic mass is 9.71. The van der Waals surface area contributed by atoms with Crippen molar-refractivity contribution in [2.24, 2.45) is 5.41 Å². The molecule has 17 heavy (non-hydrogen) atoms. The number of hydrogen-bond donors (Lipinski definition) is 1. The SMILES string of the molecule is OCC1(Cc2cc(F)ccc2Cl)CCCCC1. The molecule has 1 aromatic carbocycles. The van der Waals surface area contributed by atoms with Gasteiger partial charge in [0, 0.05) is 11.6 Å². The molecule has 1 aromatic rings. The Labute approximate surface area is 107 Å². The van der Waals surface area contributed by atoms with Crippen molar-refractivity contribution in [2.75, 3.05) is 6.61 Å². The van der Waals surface area contributed by atoms with Gasteiger partial charge in [-0.1, -0.05) is 30.9 Å². The maximum Gasteiger partial charge on any atom is 0.123 e. The van der Waals surface area contributed by atoms with E-state index in [9.17, 15) is 9.50 Å². The summed E-state index contributed by atoms with van der Waals surface area (Å²) in [7, 11) is 0. The van der Waals surface area contributed by atoms with Crippen molar-refractivity contribution in [1.29, 1.82) is 0 Å². The highest BCUT2D eigenvalue weighted by Gasteiger charge is 2.32. The number of halogens is 2. The molecule has 0 aliphatic heterocycles. The van der Waals surface area contributed by atoms with Crippen LogP contribution >= 0.6 is 11.6 Å². The third kappa shape index (κ3) is 2.99. The number of hydrogen-bond acceptors (Lipinski definition) is 1. The van der Waals surface area contributed by atoms with Gasteiger partial charge < -0.3 is 5.11 Å². The van der Waals surface area contributed by atoms with E-state index >= 15 is 0 Å². The summed E-state index contributed by atoms with van der Waals surface area (Å²) < 4.78 is 13.2. The van der Waals surface area contributed by atoms with E-state index in [1.165, 1.54) is 18.6 Å². The van der Waals surface area contributed by atoms with Gasteiger partial charge in [0.1, 0.15) is 5.82 Å². The van der Waals surface area contributed by atoms with Crippen molar-refractivity contribution >= 4 is 11.6 Å². The molecular weight excluding hydrogens is 239 g/mol. The van der Waals surface area contributed by atoms with Crippen LogP contribution in [0.1, 0.15) is 37.7 Å². The van der Waals surface area contributed by atoms with Crippen molar-refractivity contribution in [3.05, 3.63) is 34.6 Å². The molecule has 1 fully saturated rings. The summed E-state index contributed by atoms with van der Waals surface area (Å²) in [6.45, 7) is 0.167. The van der Waals surface area contributed by atoms with Crippen LogP contribution in [0.25, 0.3) is 0 Å². The summed E-state index contributed by atoms with van der Waals surface area (Å²) in [6, 6.07) is 4.47. The largest absolute Gasteiger partial charge is 0.396 e. The molecule has 0 aromatic heterocycles. The fourth-order valence-electron chi connectivity index (χ4n) is 2.78. The second kappa shape index (κ2) is 5.36. The molecule has 1 aliphatic carbocycles. The van der Waals surface area contributed by atoms with Crippen LogP contribution in [-0.4, -0.2) is 11.7 Å². The van der Waals surface area contributed by atoms with E-state index in [4.69, 9.17) is 11.6 Å². The van der Waals surface area contributed by atoms with Crippen LogP contribution in [0.3, 0.4) is 0 Å². The van der Waals surface area contributed by atoms with E-state index in [0.717, 1.165) is 31.2 Å². The summed E-state index contributed by atoms with van der Waals surface area (Å²) in [6.07, 6.45) is 6.23. The number of rotatable bonds is 3. The molecule has 2 rings (SSSR count). The molecule has 0 heterocycles. The molecule has 0 amide bonds. The highest BCUT2D eigenvalue weighted by Crippen LogP contribution is 2.40. The molecule has 0 bridgehead atoms. The number of aliphatic hydroxyl groups is 1. The van der Waals surface area contributed by atoms with Gasteiger partial charge in [-0.05, 0) is 48.4 Å². The number of benzene rings is 1. The van der Waals surface area contributed by atoms with Gasteiger partial charge >= 0.3 is 0 Å². The van der Waals surface area contributed by atoms with Crippen molar-refractivity contribution in [3.8, 4) is 0 Å². The second-order valence-electron chi connectivity index (χ2n) is 5.13. The molecule has 0 saturated heterocycles. The minimum Gasteiger partial charge on any atom is -0.396 e. The first-order valence-electron chi connectivity index (χ1n) is 6.20. The Hall–Kier alpha value is -0.600. The maximum absolute atomic E-state index is 13.2. The van der Waals surface area contributed by atoms with E-state index < -0.39 is 0 Å². The summed E-state index contributed by atoms with van der Waals surface area (Å²) in [5.41, 5.74) is 0.734. The smallest absolute Gasteiger partial charge is 0.123 e. The normalized spacial score (nSPS) is 19.2. The molecule has 1 nitrogen and oxygen atoms in total. The van der Waals surface area contributed by atoms with Crippen LogP contribution < -0.4 is 0 Å². The predicted octanol–water partition coefficient (Wildman–Crippen LogP) is 3.96. The maximum atomic E-state index is 13.2. The lowest BCUT2D eigenvalue weighted by molar-refractivity contribution is 0.0823. The monoisotopic (exact) mass is 256 g/mol. The lowest BCUT2D eigenvalue weighted by Crippen LogP contribution is -2.30. The minimum atomic E-state index is -0.256. The fraction of sp³-hybridized carbons (Fsp3) is 0.571. The highest BCUT2D eigenvalue weighted by atomic mass is 35.5. The van der Waals surface area contributed by atoms with Crippen molar-refractivity contribution in [3.63, 3.8) is 0 Å². The van der Waals surface area contributed by atoms with Gasteiger partial charge in [-0.2, -0.15) is 0 Å². The van der Waals surface area contributed by atoms with Crippen LogP contribution in [0.4, 0.5) is 4.39 Å². The molecule has 0 atom stereocenters. The highest BCUT2D eigenvalue weighted by molar-refractivity contribution is 6.31. The second-order valence-corrected chi connectivity index (χ2v) is 5.54. The van der Waals surface area contributed by atoms with E-state index in [2.05, 4.69) is 0 Å². The van der Waals surface area contributed by atoms with Crippen LogP contribution in [-0.2, 0) is 6.42 Å². The molecule has 94 valence electrons. The van der Waals surface area contributed by atoms with Gasteiger partial charge in [0.05, 0.1) is 0 Å². The van der Waals surface area contributed by atoms with Crippen molar-refractivity contribution in [2.45, 2.75) is 38.5 Å². The Morgan fingerprint density at radius 1 is 1.24 bits per heavy atom. The van der Waals surface area contributed by atoms with E-state index in [1.807, 2.05) is 0 Å². The summed E-state index contributed by atoms with van der Waals surface area (Å²) in [4.78, 5) is 0. The standard InChI is InChI=1S/C14H18ClFO/c15-13-5-4-12(16)8-11(13)9-14(10-17)6-2-1-3-7-14/h4-5,8,17H,1-3,6-7,9-10H2. The Morgan fingerprint density at radius 2 is 1.94 bits per heavy atom. The average molecular weight is 257 g/mol. The quantitative estimate of drug-likeness (QED) is 0.868. The zero-order valence-electron chi connectivity index (χ0n) is 9.88. The molecule has 0 unspecified atom stereocenters. The first-order chi connectivity index (χ1) is 8.15. The third-order valence-corrected chi connectivity index (χ3v) is 4.19. The third-order valence-electron chi connectivity index (χ3n) is 3.82. The predicted molar refractivity (Wildman–Crippen MR) is 67.7 cm³/mol. The molecule has 3 heteroatoms. The van der Waals surface area contributed by atoms with Crippen LogP contribution in [0.5, 0.6) is 0 Å². The Balaban J connectivity index is 2.20. The zero-order chi connectivity index (χ0) is 12.3. The molecule has 0 radical (unpaired) electrons. The molecule has 1 aliphatic rings. The van der Waals surface area contributed by atoms with Gasteiger partial charge in [0.15, 0.2) is 0 Å². The molecule has 1 N–H and O–H groups in total. The zero-order valence-corrected chi connectivity index (χ0v) is 10.6. The van der Waals surface area contributed by atoms with Gasteiger partial charge in [-0.3, -0.25) is 0 Å². The first-order valence-corrected chi connectivity index (χ1v) is 6.58. The molecule has 0 spiro atoms. The van der Waals surface area contributed by atoms with Crippen LogP contribution in [0.2, 0.25) is 5.02 Å². The Morgan fingerprint density at radius 3 is 2.59 bits per heavy atom. The van der Waals surface area contributed by atoms with Crippen LogP contribution in [0, 0.1) is 11.2 Å². The summed E-state index contributed by atoms with van der Waals surface area (Å²) in [5, 5.41) is 10.2.